The van der Waals surface area contributed by atoms with E-state index in [1.807, 2.05) is 29.7 Å². The summed E-state index contributed by atoms with van der Waals surface area (Å²) in [6.07, 6.45) is 8.15. The Morgan fingerprint density at radius 2 is 1.91 bits per heavy atom. The van der Waals surface area contributed by atoms with Crippen LogP contribution in [0.2, 0.25) is 0 Å². The van der Waals surface area contributed by atoms with E-state index in [1.165, 1.54) is 12.5 Å². The van der Waals surface area contributed by atoms with Gasteiger partial charge in [0.25, 0.3) is 0 Å². The number of piperidine rings is 1. The molecule has 0 saturated carbocycles. The second-order valence-corrected chi connectivity index (χ2v) is 8.44. The molecule has 1 fully saturated rings. The Kier molecular flexibility index (Phi) is 7.19. The van der Waals surface area contributed by atoms with Gasteiger partial charge >= 0.3 is 5.97 Å². The van der Waals surface area contributed by atoms with E-state index >= 15 is 0 Å². The Labute approximate surface area is 199 Å². The van der Waals surface area contributed by atoms with Crippen LogP contribution in [0.25, 0.3) is 22.8 Å². The molecule has 0 atom stereocenters. The Balaban J connectivity index is 1.80. The van der Waals surface area contributed by atoms with Crippen molar-refractivity contribution in [2.45, 2.75) is 33.1 Å². The molecule has 3 heterocycles. The van der Waals surface area contributed by atoms with Crippen LogP contribution in [-0.4, -0.2) is 52.4 Å². The molecule has 1 aliphatic rings. The van der Waals surface area contributed by atoms with Gasteiger partial charge in [0.2, 0.25) is 0 Å². The quantitative estimate of drug-likeness (QED) is 0.296. The molecule has 0 N–H and O–H groups in total. The Hall–Kier alpha value is -3.76. The van der Waals surface area contributed by atoms with E-state index in [2.05, 4.69) is 16.0 Å². The highest BCUT2D eigenvalue weighted by atomic mass is 16.5. The summed E-state index contributed by atoms with van der Waals surface area (Å²) >= 11 is 0. The first-order valence-corrected chi connectivity index (χ1v) is 11.6. The van der Waals surface area contributed by atoms with E-state index in [9.17, 15) is 14.9 Å². The Bertz CT molecular complexity index is 1280. The van der Waals surface area contributed by atoms with E-state index in [4.69, 9.17) is 4.74 Å². The minimum atomic E-state index is -0.418. The predicted molar refractivity (Wildman–Crippen MR) is 131 cm³/mol. The number of fused-ring (bicyclic) bond motifs is 1. The van der Waals surface area contributed by atoms with Crippen LogP contribution in [0.4, 0.5) is 0 Å². The lowest BCUT2D eigenvalue weighted by atomic mass is 10.1. The van der Waals surface area contributed by atoms with Gasteiger partial charge in [0, 0.05) is 23.7 Å². The van der Waals surface area contributed by atoms with Gasteiger partial charge < -0.3 is 9.30 Å². The maximum atomic E-state index is 13.5. The predicted octanol–water partition coefficient (Wildman–Crippen LogP) is 4.45. The molecule has 0 unspecified atom stereocenters. The third-order valence-electron chi connectivity index (χ3n) is 6.11. The smallest absolute Gasteiger partial charge is 0.330 e. The van der Waals surface area contributed by atoms with E-state index < -0.39 is 5.97 Å². The zero-order valence-electron chi connectivity index (χ0n) is 19.6. The number of pyridine rings is 1. The number of nitriles is 1. The zero-order valence-corrected chi connectivity index (χ0v) is 19.6. The molecule has 4 rings (SSSR count). The second-order valence-electron chi connectivity index (χ2n) is 8.44. The molecule has 0 bridgehead atoms. The number of hydrogen-bond donors (Lipinski definition) is 0. The first-order chi connectivity index (χ1) is 16.5. The van der Waals surface area contributed by atoms with E-state index in [0.29, 0.717) is 29.8 Å². The number of aromatic nitrogens is 2. The summed E-state index contributed by atoms with van der Waals surface area (Å²) in [4.78, 5) is 32.1. The fourth-order valence-corrected chi connectivity index (χ4v) is 4.49. The average molecular weight is 457 g/mol. The SMILES string of the molecule is CCOC(=O)C=Cc1cnc2c(C(=O)CN3CCCCC3)c(C)n(-c3ccc(C#N)cc3)c2c1. The van der Waals surface area contributed by atoms with Crippen molar-refractivity contribution in [3.63, 3.8) is 0 Å². The summed E-state index contributed by atoms with van der Waals surface area (Å²) in [7, 11) is 0. The number of esters is 1. The topological polar surface area (TPSA) is 88.2 Å². The standard InChI is InChI=1S/C27H28N4O3/c1-3-34-25(33)12-9-21-15-23-27(29-17-21)26(24(32)18-30-13-5-4-6-14-30)19(2)31(23)22-10-7-20(16-28)8-11-22/h7-12,15,17H,3-6,13-14,18H2,1-2H3. The number of nitrogens with zero attached hydrogens (tertiary/aromatic N) is 4. The van der Waals surface area contributed by atoms with E-state index in [0.717, 1.165) is 48.4 Å². The molecule has 34 heavy (non-hydrogen) atoms. The van der Waals surface area contributed by atoms with Gasteiger partial charge in [0.1, 0.15) is 0 Å². The molecule has 3 aromatic rings. The molecular formula is C27H28N4O3. The molecule has 1 aromatic carbocycles. The van der Waals surface area contributed by atoms with Gasteiger partial charge in [-0.2, -0.15) is 5.26 Å². The summed E-state index contributed by atoms with van der Waals surface area (Å²) in [5.74, 6) is -0.363. The van der Waals surface area contributed by atoms with Gasteiger partial charge in [-0.05, 0) is 81.7 Å². The largest absolute Gasteiger partial charge is 0.463 e. The summed E-state index contributed by atoms with van der Waals surface area (Å²) in [5, 5.41) is 9.18. The summed E-state index contributed by atoms with van der Waals surface area (Å²) in [6.45, 7) is 6.25. The van der Waals surface area contributed by atoms with Gasteiger partial charge in [0.05, 0.1) is 41.4 Å². The number of carbonyl (C=O) groups is 2. The van der Waals surface area contributed by atoms with E-state index in [1.54, 1.807) is 31.3 Å². The molecule has 1 aliphatic heterocycles. The van der Waals surface area contributed by atoms with E-state index in [-0.39, 0.29) is 5.78 Å². The molecule has 7 heteroatoms. The first kappa shape index (κ1) is 23.4. The average Bonchev–Trinajstić information content (AvgIpc) is 3.14. The number of ketones is 1. The zero-order chi connectivity index (χ0) is 24.1. The highest BCUT2D eigenvalue weighted by Crippen LogP contribution is 2.30. The lowest BCUT2D eigenvalue weighted by Crippen LogP contribution is -2.34. The molecule has 1 saturated heterocycles. The number of carbonyl (C=O) groups excluding carboxylic acids is 2. The number of benzene rings is 1. The molecule has 7 nitrogen and oxygen atoms in total. The normalized spacial score (nSPS) is 14.4. The van der Waals surface area contributed by atoms with Crippen LogP contribution < -0.4 is 0 Å². The van der Waals surface area contributed by atoms with Crippen LogP contribution in [0.1, 0.15) is 53.4 Å². The molecule has 0 aliphatic carbocycles. The highest BCUT2D eigenvalue weighted by Gasteiger charge is 2.24. The molecule has 0 amide bonds. The van der Waals surface area contributed by atoms with Crippen molar-refractivity contribution < 1.29 is 14.3 Å². The van der Waals surface area contributed by atoms with Crippen molar-refractivity contribution >= 4 is 28.9 Å². The third-order valence-corrected chi connectivity index (χ3v) is 6.11. The molecule has 174 valence electrons. The number of ether oxygens (including phenoxy) is 1. The maximum Gasteiger partial charge on any atom is 0.330 e. The van der Waals surface area contributed by atoms with Crippen molar-refractivity contribution in [2.24, 2.45) is 0 Å². The van der Waals surface area contributed by atoms with Crippen LogP contribution >= 0.6 is 0 Å². The minimum absolute atomic E-state index is 0.0547. The van der Waals surface area contributed by atoms with Crippen LogP contribution in [0.3, 0.4) is 0 Å². The number of hydrogen-bond acceptors (Lipinski definition) is 6. The Morgan fingerprint density at radius 1 is 1.18 bits per heavy atom. The number of rotatable bonds is 7. The van der Waals surface area contributed by atoms with Crippen molar-refractivity contribution in [1.82, 2.24) is 14.5 Å². The lowest BCUT2D eigenvalue weighted by Gasteiger charge is -2.25. The van der Waals surface area contributed by atoms with Crippen LogP contribution in [0.5, 0.6) is 0 Å². The first-order valence-electron chi connectivity index (χ1n) is 11.6. The van der Waals surface area contributed by atoms with Gasteiger partial charge in [0.15, 0.2) is 5.78 Å². The van der Waals surface area contributed by atoms with Gasteiger partial charge in [-0.25, -0.2) is 4.79 Å². The van der Waals surface area contributed by atoms with Gasteiger partial charge in [-0.1, -0.05) is 6.42 Å². The fourth-order valence-electron chi connectivity index (χ4n) is 4.49. The van der Waals surface area contributed by atoms with Crippen molar-refractivity contribution in [3.05, 3.63) is 65.0 Å². The van der Waals surface area contributed by atoms with Crippen LogP contribution in [0.15, 0.2) is 42.6 Å². The number of likely N-dealkylation sites (tertiary alicyclic amines) is 1. The second kappa shape index (κ2) is 10.4. The molecule has 0 spiro atoms. The maximum absolute atomic E-state index is 13.5. The molecule has 2 aromatic heterocycles. The monoisotopic (exact) mass is 456 g/mol. The van der Waals surface area contributed by atoms with Crippen molar-refractivity contribution in [2.75, 3.05) is 26.2 Å². The summed E-state index contributed by atoms with van der Waals surface area (Å²) in [6, 6.07) is 11.3. The highest BCUT2D eigenvalue weighted by molar-refractivity contribution is 6.09. The summed E-state index contributed by atoms with van der Waals surface area (Å²) in [5.41, 5.74) is 4.96. The van der Waals surface area contributed by atoms with Crippen LogP contribution in [-0.2, 0) is 9.53 Å². The van der Waals surface area contributed by atoms with Gasteiger partial charge in [-0.3, -0.25) is 14.7 Å². The van der Waals surface area contributed by atoms with Crippen molar-refractivity contribution in [1.29, 1.82) is 5.26 Å². The summed E-state index contributed by atoms with van der Waals surface area (Å²) < 4.78 is 6.96. The minimum Gasteiger partial charge on any atom is -0.463 e. The van der Waals surface area contributed by atoms with Gasteiger partial charge in [-0.15, -0.1) is 0 Å². The number of Topliss-reactive ketones (excluding diaryl/α,β-unsaturated/α-hetero) is 1. The third kappa shape index (κ3) is 4.92. The van der Waals surface area contributed by atoms with Crippen molar-refractivity contribution in [3.8, 4) is 11.8 Å². The molecular weight excluding hydrogens is 428 g/mol. The lowest BCUT2D eigenvalue weighted by molar-refractivity contribution is -0.137. The molecule has 0 radical (unpaired) electrons. The van der Waals surface area contributed by atoms with Crippen LogP contribution in [0, 0.1) is 18.3 Å². The fraction of sp³-hybridized carbons (Fsp3) is 0.333. The Morgan fingerprint density at radius 3 is 2.59 bits per heavy atom.